The van der Waals surface area contributed by atoms with Crippen LogP contribution in [0.4, 0.5) is 0 Å². The molecule has 1 aromatic rings. The number of benzene rings is 1. The minimum atomic E-state index is 0.779. The molecule has 0 aliphatic carbocycles. The van der Waals surface area contributed by atoms with Crippen LogP contribution in [0.1, 0.15) is 13.3 Å². The number of thioether (sulfide) groups is 1. The molecule has 3 nitrogen and oxygen atoms in total. The molecule has 5 heteroatoms. The predicted molar refractivity (Wildman–Crippen MR) is 81.8 cm³/mol. The average molecular weight is 286 g/mol. The average Bonchev–Trinajstić information content (AvgIpc) is 2.40. The lowest BCUT2D eigenvalue weighted by atomic mass is 10.4. The first-order valence-corrected chi connectivity index (χ1v) is 7.45. The highest BCUT2D eigenvalue weighted by atomic mass is 35.5. The summed E-state index contributed by atoms with van der Waals surface area (Å²) >= 11 is 7.64. The molecule has 1 aromatic carbocycles. The molecule has 1 rings (SSSR count). The van der Waals surface area contributed by atoms with Crippen LogP contribution in [-0.2, 0) is 0 Å². The van der Waals surface area contributed by atoms with E-state index in [1.165, 1.54) is 4.90 Å². The van der Waals surface area contributed by atoms with Crippen LogP contribution in [0.15, 0.2) is 34.2 Å². The molecule has 0 spiro atoms. The Kier molecular flexibility index (Phi) is 7.69. The smallest absolute Gasteiger partial charge is 0.191 e. The van der Waals surface area contributed by atoms with Crippen LogP contribution in [0.25, 0.3) is 0 Å². The molecule has 0 bridgehead atoms. The maximum Gasteiger partial charge on any atom is 0.191 e. The molecular weight excluding hydrogens is 266 g/mol. The van der Waals surface area contributed by atoms with Gasteiger partial charge >= 0.3 is 0 Å². The van der Waals surface area contributed by atoms with Crippen molar-refractivity contribution < 1.29 is 0 Å². The fourth-order valence-corrected chi connectivity index (χ4v) is 2.23. The maximum absolute atomic E-state index is 5.84. The third-order valence-corrected chi connectivity index (χ3v) is 3.51. The highest BCUT2D eigenvalue weighted by Crippen LogP contribution is 2.19. The lowest BCUT2D eigenvalue weighted by molar-refractivity contribution is 0.795. The van der Waals surface area contributed by atoms with Crippen molar-refractivity contribution in [1.29, 1.82) is 0 Å². The first-order chi connectivity index (χ1) is 8.76. The Bertz CT molecular complexity index is 365. The summed E-state index contributed by atoms with van der Waals surface area (Å²) in [6.45, 7) is 3.97. The molecule has 0 aliphatic rings. The summed E-state index contributed by atoms with van der Waals surface area (Å²) in [5.41, 5.74) is 0. The zero-order valence-corrected chi connectivity index (χ0v) is 12.4. The Morgan fingerprint density at radius 1 is 1.22 bits per heavy atom. The predicted octanol–water partition coefficient (Wildman–Crippen LogP) is 3.01. The van der Waals surface area contributed by atoms with Gasteiger partial charge in [0.05, 0.1) is 0 Å². The summed E-state index contributed by atoms with van der Waals surface area (Å²) in [4.78, 5) is 5.38. The van der Waals surface area contributed by atoms with Crippen LogP contribution in [0.2, 0.25) is 5.02 Å². The molecule has 0 saturated heterocycles. The van der Waals surface area contributed by atoms with Crippen molar-refractivity contribution in [3.8, 4) is 0 Å². The second-order valence-electron chi connectivity index (χ2n) is 3.73. The van der Waals surface area contributed by atoms with Crippen LogP contribution < -0.4 is 10.6 Å². The van der Waals surface area contributed by atoms with Gasteiger partial charge in [-0.15, -0.1) is 11.8 Å². The summed E-state index contributed by atoms with van der Waals surface area (Å²) < 4.78 is 0. The number of nitrogens with one attached hydrogen (secondary N) is 2. The molecule has 2 N–H and O–H groups in total. The number of rotatable bonds is 6. The van der Waals surface area contributed by atoms with Crippen molar-refractivity contribution in [3.05, 3.63) is 29.3 Å². The van der Waals surface area contributed by atoms with E-state index in [1.54, 1.807) is 18.8 Å². The molecule has 0 aliphatic heterocycles. The summed E-state index contributed by atoms with van der Waals surface area (Å²) in [5, 5.41) is 7.29. The van der Waals surface area contributed by atoms with Crippen molar-refractivity contribution in [2.45, 2.75) is 18.2 Å². The van der Waals surface area contributed by atoms with E-state index in [2.05, 4.69) is 22.5 Å². The summed E-state index contributed by atoms with van der Waals surface area (Å²) in [6.07, 6.45) is 1.10. The van der Waals surface area contributed by atoms with Crippen molar-refractivity contribution in [2.24, 2.45) is 4.99 Å². The quantitative estimate of drug-likeness (QED) is 0.365. The van der Waals surface area contributed by atoms with Crippen molar-refractivity contribution in [1.82, 2.24) is 10.6 Å². The SMILES string of the molecule is CCCNC(=NC)NCCSc1ccc(Cl)cc1. The van der Waals surface area contributed by atoms with E-state index < -0.39 is 0 Å². The van der Waals surface area contributed by atoms with Gasteiger partial charge in [-0.3, -0.25) is 4.99 Å². The molecule has 0 atom stereocenters. The van der Waals surface area contributed by atoms with E-state index >= 15 is 0 Å². The van der Waals surface area contributed by atoms with E-state index in [4.69, 9.17) is 11.6 Å². The van der Waals surface area contributed by atoms with E-state index in [1.807, 2.05) is 24.3 Å². The fourth-order valence-electron chi connectivity index (χ4n) is 1.33. The monoisotopic (exact) mass is 285 g/mol. The molecular formula is C13H20ClN3S. The van der Waals surface area contributed by atoms with Crippen molar-refractivity contribution in [3.63, 3.8) is 0 Å². The largest absolute Gasteiger partial charge is 0.356 e. The third-order valence-electron chi connectivity index (χ3n) is 2.24. The van der Waals surface area contributed by atoms with Crippen molar-refractivity contribution in [2.75, 3.05) is 25.9 Å². The molecule has 0 aromatic heterocycles. The first-order valence-electron chi connectivity index (χ1n) is 6.09. The molecule has 0 unspecified atom stereocenters. The zero-order valence-electron chi connectivity index (χ0n) is 10.9. The van der Waals surface area contributed by atoms with Crippen LogP contribution in [-0.4, -0.2) is 31.8 Å². The van der Waals surface area contributed by atoms with E-state index in [9.17, 15) is 0 Å². The minimum Gasteiger partial charge on any atom is -0.356 e. The van der Waals surface area contributed by atoms with Gasteiger partial charge in [-0.25, -0.2) is 0 Å². The topological polar surface area (TPSA) is 36.4 Å². The second-order valence-corrected chi connectivity index (χ2v) is 5.33. The maximum atomic E-state index is 5.84. The highest BCUT2D eigenvalue weighted by Gasteiger charge is 1.97. The van der Waals surface area contributed by atoms with Gasteiger partial charge < -0.3 is 10.6 Å². The van der Waals surface area contributed by atoms with Gasteiger partial charge in [-0.05, 0) is 30.7 Å². The summed E-state index contributed by atoms with van der Waals surface area (Å²) in [6, 6.07) is 7.91. The standard InChI is InChI=1S/C13H20ClN3S/c1-3-8-16-13(15-2)17-9-10-18-12-6-4-11(14)5-7-12/h4-7H,3,8-10H2,1-2H3,(H2,15,16,17). The van der Waals surface area contributed by atoms with Gasteiger partial charge in [0.15, 0.2) is 5.96 Å². The molecule has 0 heterocycles. The van der Waals surface area contributed by atoms with Crippen LogP contribution in [0.3, 0.4) is 0 Å². The molecule has 0 radical (unpaired) electrons. The first kappa shape index (κ1) is 15.2. The Hall–Kier alpha value is -0.870. The number of nitrogens with zero attached hydrogens (tertiary/aromatic N) is 1. The third kappa shape index (κ3) is 6.17. The molecule has 0 saturated carbocycles. The lowest BCUT2D eigenvalue weighted by Crippen LogP contribution is -2.38. The number of guanidine groups is 1. The van der Waals surface area contributed by atoms with E-state index in [0.29, 0.717) is 0 Å². The van der Waals surface area contributed by atoms with Crippen LogP contribution in [0.5, 0.6) is 0 Å². The molecule has 18 heavy (non-hydrogen) atoms. The van der Waals surface area contributed by atoms with Gasteiger partial charge in [0, 0.05) is 35.8 Å². The Labute approximate surface area is 118 Å². The number of halogens is 1. The summed E-state index contributed by atoms with van der Waals surface area (Å²) in [7, 11) is 1.79. The van der Waals surface area contributed by atoms with Crippen LogP contribution >= 0.6 is 23.4 Å². The minimum absolute atomic E-state index is 0.779. The van der Waals surface area contributed by atoms with Gasteiger partial charge in [-0.2, -0.15) is 0 Å². The Morgan fingerprint density at radius 3 is 2.50 bits per heavy atom. The highest BCUT2D eigenvalue weighted by molar-refractivity contribution is 7.99. The number of aliphatic imine (C=N–C) groups is 1. The summed E-state index contributed by atoms with van der Waals surface area (Å²) in [5.74, 6) is 1.86. The normalized spacial score (nSPS) is 11.4. The number of hydrogen-bond donors (Lipinski definition) is 2. The van der Waals surface area contributed by atoms with E-state index in [0.717, 1.165) is 36.2 Å². The second kappa shape index (κ2) is 9.11. The number of hydrogen-bond acceptors (Lipinski definition) is 2. The van der Waals surface area contributed by atoms with Gasteiger partial charge in [-0.1, -0.05) is 18.5 Å². The van der Waals surface area contributed by atoms with Gasteiger partial charge in [0.1, 0.15) is 0 Å². The van der Waals surface area contributed by atoms with Crippen molar-refractivity contribution >= 4 is 29.3 Å². The van der Waals surface area contributed by atoms with Gasteiger partial charge in [0.25, 0.3) is 0 Å². The Balaban J connectivity index is 2.19. The zero-order chi connectivity index (χ0) is 13.2. The van der Waals surface area contributed by atoms with Crippen LogP contribution in [0, 0.1) is 0 Å². The molecule has 100 valence electrons. The molecule has 0 amide bonds. The Morgan fingerprint density at radius 2 is 1.89 bits per heavy atom. The van der Waals surface area contributed by atoms with E-state index in [-0.39, 0.29) is 0 Å². The fraction of sp³-hybridized carbons (Fsp3) is 0.462. The van der Waals surface area contributed by atoms with Gasteiger partial charge in [0.2, 0.25) is 0 Å². The molecule has 0 fully saturated rings. The lowest BCUT2D eigenvalue weighted by Gasteiger charge is -2.10.